The zero-order valence-corrected chi connectivity index (χ0v) is 12.7. The molecule has 0 spiro atoms. The van der Waals surface area contributed by atoms with Crippen LogP contribution in [0.1, 0.15) is 22.3 Å². The third-order valence-electron chi connectivity index (χ3n) is 2.69. The molecule has 1 heterocycles. The highest BCUT2D eigenvalue weighted by Gasteiger charge is 2.15. The highest BCUT2D eigenvalue weighted by Crippen LogP contribution is 2.19. The van der Waals surface area contributed by atoms with E-state index < -0.39 is 0 Å². The van der Waals surface area contributed by atoms with E-state index in [1.165, 1.54) is 0 Å². The lowest BCUT2D eigenvalue weighted by atomic mass is 10.1. The quantitative estimate of drug-likeness (QED) is 0.921. The molecule has 0 fully saturated rings. The van der Waals surface area contributed by atoms with Gasteiger partial charge in [0.2, 0.25) is 9.47 Å². The summed E-state index contributed by atoms with van der Waals surface area (Å²) in [7, 11) is 1.63. The van der Waals surface area contributed by atoms with Crippen LogP contribution >= 0.6 is 22.9 Å². The number of halogens is 1. The Morgan fingerprint density at radius 2 is 2.20 bits per heavy atom. The smallest absolute Gasteiger partial charge is 0.282 e. The molecule has 5 nitrogen and oxygen atoms in total. The molecule has 1 N–H and O–H groups in total. The average Bonchev–Trinajstić information content (AvgIpc) is 2.86. The lowest BCUT2D eigenvalue weighted by Crippen LogP contribution is -2.34. The summed E-state index contributed by atoms with van der Waals surface area (Å²) < 4.78 is 5.55. The molecule has 1 aromatic carbocycles. The molecule has 0 aliphatic rings. The summed E-state index contributed by atoms with van der Waals surface area (Å²) in [5.41, 5.74) is 1.04. The minimum atomic E-state index is -0.267. The number of amides is 1. The first kappa shape index (κ1) is 14.7. The van der Waals surface area contributed by atoms with Gasteiger partial charge in [-0.2, -0.15) is 0 Å². The normalized spacial score (nSPS) is 11.9. The van der Waals surface area contributed by atoms with Crippen LogP contribution in [0.25, 0.3) is 0 Å². The first-order valence-corrected chi connectivity index (χ1v) is 7.21. The molecule has 1 amide bonds. The molecular weight excluding hydrogens is 298 g/mol. The van der Waals surface area contributed by atoms with Crippen molar-refractivity contribution in [1.82, 2.24) is 15.5 Å². The van der Waals surface area contributed by atoms with Gasteiger partial charge in [-0.15, -0.1) is 10.2 Å². The van der Waals surface area contributed by atoms with Gasteiger partial charge in [-0.25, -0.2) is 0 Å². The molecule has 7 heteroatoms. The van der Waals surface area contributed by atoms with E-state index >= 15 is 0 Å². The van der Waals surface area contributed by atoms with Gasteiger partial charge in [0.25, 0.3) is 5.91 Å². The molecule has 1 unspecified atom stereocenters. The molecule has 106 valence electrons. The lowest BCUT2D eigenvalue weighted by molar-refractivity contribution is 0.0939. The molecule has 2 rings (SSSR count). The molecular formula is C13H14ClN3O2S. The van der Waals surface area contributed by atoms with Crippen LogP contribution in [-0.4, -0.2) is 29.3 Å². The maximum absolute atomic E-state index is 11.9. The number of aromatic nitrogens is 2. The van der Waals surface area contributed by atoms with Crippen molar-refractivity contribution in [2.75, 3.05) is 7.11 Å². The molecule has 0 bridgehead atoms. The maximum atomic E-state index is 11.9. The van der Waals surface area contributed by atoms with E-state index in [0.717, 1.165) is 22.6 Å². The second-order valence-electron chi connectivity index (χ2n) is 4.25. The first-order valence-electron chi connectivity index (χ1n) is 6.02. The molecule has 0 radical (unpaired) electrons. The summed E-state index contributed by atoms with van der Waals surface area (Å²) >= 11 is 6.72. The summed E-state index contributed by atoms with van der Waals surface area (Å²) in [4.78, 5) is 11.9. The Bertz CT molecular complexity index is 603. The number of carbonyl (C=O) groups excluding carboxylic acids is 1. The number of ether oxygens (including phenoxy) is 1. The van der Waals surface area contributed by atoms with Crippen LogP contribution < -0.4 is 10.1 Å². The number of hydrogen-bond acceptors (Lipinski definition) is 5. The first-order chi connectivity index (χ1) is 9.60. The van der Waals surface area contributed by atoms with Crippen molar-refractivity contribution in [2.45, 2.75) is 19.4 Å². The molecule has 0 aliphatic carbocycles. The third kappa shape index (κ3) is 3.68. The number of carbonyl (C=O) groups is 1. The average molecular weight is 312 g/mol. The van der Waals surface area contributed by atoms with E-state index in [1.807, 2.05) is 31.2 Å². The second kappa shape index (κ2) is 6.67. The maximum Gasteiger partial charge on any atom is 0.282 e. The number of rotatable bonds is 5. The Hall–Kier alpha value is -1.66. The van der Waals surface area contributed by atoms with Gasteiger partial charge < -0.3 is 10.1 Å². The van der Waals surface area contributed by atoms with Gasteiger partial charge in [-0.05, 0) is 36.6 Å². The van der Waals surface area contributed by atoms with E-state index in [1.54, 1.807) is 7.11 Å². The number of benzene rings is 1. The molecule has 0 aliphatic heterocycles. The van der Waals surface area contributed by atoms with E-state index in [-0.39, 0.29) is 21.4 Å². The SMILES string of the molecule is COc1ccccc1CC(C)NC(=O)c1nnc(Cl)s1. The zero-order valence-electron chi connectivity index (χ0n) is 11.1. The van der Waals surface area contributed by atoms with Gasteiger partial charge in [0.1, 0.15) is 5.75 Å². The number of nitrogens with one attached hydrogen (secondary N) is 1. The van der Waals surface area contributed by atoms with Crippen molar-refractivity contribution < 1.29 is 9.53 Å². The Morgan fingerprint density at radius 1 is 1.45 bits per heavy atom. The number of nitrogens with zero attached hydrogens (tertiary/aromatic N) is 2. The highest BCUT2D eigenvalue weighted by atomic mass is 35.5. The van der Waals surface area contributed by atoms with Crippen LogP contribution in [0.3, 0.4) is 0 Å². The van der Waals surface area contributed by atoms with Crippen molar-refractivity contribution in [1.29, 1.82) is 0 Å². The van der Waals surface area contributed by atoms with Crippen LogP contribution in [0.5, 0.6) is 5.75 Å². The summed E-state index contributed by atoms with van der Waals surface area (Å²) in [5, 5.41) is 10.4. The fraction of sp³-hybridized carbons (Fsp3) is 0.308. The van der Waals surface area contributed by atoms with Crippen LogP contribution in [0, 0.1) is 0 Å². The van der Waals surface area contributed by atoms with Gasteiger partial charge in [0.05, 0.1) is 7.11 Å². The number of hydrogen-bond donors (Lipinski definition) is 1. The fourth-order valence-corrected chi connectivity index (χ4v) is 2.57. The van der Waals surface area contributed by atoms with Crippen molar-refractivity contribution in [3.8, 4) is 5.75 Å². The standard InChI is InChI=1S/C13H14ClN3O2S/c1-8(7-9-5-3-4-6-10(9)19-2)15-11(18)12-16-17-13(14)20-12/h3-6,8H,7H2,1-2H3,(H,15,18). The lowest BCUT2D eigenvalue weighted by Gasteiger charge is -2.15. The van der Waals surface area contributed by atoms with Crippen molar-refractivity contribution in [2.24, 2.45) is 0 Å². The van der Waals surface area contributed by atoms with Crippen LogP contribution in [0.2, 0.25) is 4.47 Å². The molecule has 1 aromatic heterocycles. The van der Waals surface area contributed by atoms with Gasteiger partial charge in [0.15, 0.2) is 0 Å². The van der Waals surface area contributed by atoms with Gasteiger partial charge in [-0.3, -0.25) is 4.79 Å². The molecule has 0 saturated heterocycles. The van der Waals surface area contributed by atoms with Crippen LogP contribution in [0.15, 0.2) is 24.3 Å². The van der Waals surface area contributed by atoms with Gasteiger partial charge >= 0.3 is 0 Å². The predicted molar refractivity (Wildman–Crippen MR) is 78.5 cm³/mol. The molecule has 0 saturated carbocycles. The van der Waals surface area contributed by atoms with E-state index in [9.17, 15) is 4.79 Å². The minimum Gasteiger partial charge on any atom is -0.496 e. The second-order valence-corrected chi connectivity index (χ2v) is 5.81. The van der Waals surface area contributed by atoms with E-state index in [0.29, 0.717) is 6.42 Å². The van der Waals surface area contributed by atoms with Crippen LogP contribution in [-0.2, 0) is 6.42 Å². The largest absolute Gasteiger partial charge is 0.496 e. The molecule has 1 atom stereocenters. The zero-order chi connectivity index (χ0) is 14.5. The Kier molecular flexibility index (Phi) is 4.92. The number of para-hydroxylation sites is 1. The Balaban J connectivity index is 1.98. The monoisotopic (exact) mass is 311 g/mol. The predicted octanol–water partition coefficient (Wildman–Crippen LogP) is 2.56. The summed E-state index contributed by atoms with van der Waals surface area (Å²) in [6, 6.07) is 7.67. The van der Waals surface area contributed by atoms with Crippen molar-refractivity contribution >= 4 is 28.8 Å². The summed E-state index contributed by atoms with van der Waals surface area (Å²) in [5.74, 6) is 0.546. The Morgan fingerprint density at radius 3 is 2.85 bits per heavy atom. The summed E-state index contributed by atoms with van der Waals surface area (Å²) in [6.07, 6.45) is 0.669. The van der Waals surface area contributed by atoms with Crippen molar-refractivity contribution in [3.63, 3.8) is 0 Å². The minimum absolute atomic E-state index is 0.0542. The molecule has 2 aromatic rings. The fourth-order valence-electron chi connectivity index (χ4n) is 1.84. The van der Waals surface area contributed by atoms with E-state index in [4.69, 9.17) is 16.3 Å². The topological polar surface area (TPSA) is 64.1 Å². The Labute approximate surface area is 125 Å². The number of methoxy groups -OCH3 is 1. The highest BCUT2D eigenvalue weighted by molar-refractivity contribution is 7.17. The third-order valence-corrected chi connectivity index (χ3v) is 3.71. The van der Waals surface area contributed by atoms with Gasteiger partial charge in [-0.1, -0.05) is 29.5 Å². The summed E-state index contributed by atoms with van der Waals surface area (Å²) in [6.45, 7) is 1.92. The van der Waals surface area contributed by atoms with Crippen LogP contribution in [0.4, 0.5) is 0 Å². The van der Waals surface area contributed by atoms with E-state index in [2.05, 4.69) is 15.5 Å². The molecule has 20 heavy (non-hydrogen) atoms. The van der Waals surface area contributed by atoms with Crippen molar-refractivity contribution in [3.05, 3.63) is 39.3 Å². The van der Waals surface area contributed by atoms with Gasteiger partial charge in [0, 0.05) is 6.04 Å².